The molecule has 0 aliphatic carbocycles. The van der Waals surface area contributed by atoms with Gasteiger partial charge in [-0.15, -0.1) is 0 Å². The van der Waals surface area contributed by atoms with Crippen LogP contribution in [0.1, 0.15) is 11.1 Å². The highest BCUT2D eigenvalue weighted by atomic mass is 35.5. The number of sulfone groups is 1. The van der Waals surface area contributed by atoms with Gasteiger partial charge in [-0.05, 0) is 49.2 Å². The Kier molecular flexibility index (Phi) is 6.45. The van der Waals surface area contributed by atoms with Crippen molar-refractivity contribution < 1.29 is 17.9 Å². The van der Waals surface area contributed by atoms with Crippen molar-refractivity contribution >= 4 is 27.3 Å². The van der Waals surface area contributed by atoms with E-state index in [1.54, 1.807) is 7.11 Å². The average molecular weight is 382 g/mol. The summed E-state index contributed by atoms with van der Waals surface area (Å²) in [7, 11) is -2.10. The summed E-state index contributed by atoms with van der Waals surface area (Å²) in [5.74, 6) is -0.394. The van der Waals surface area contributed by atoms with Crippen molar-refractivity contribution in [2.75, 3.05) is 19.4 Å². The third-order valence-corrected chi connectivity index (χ3v) is 5.53. The zero-order valence-electron chi connectivity index (χ0n) is 14.1. The fourth-order valence-corrected chi connectivity index (χ4v) is 3.68. The van der Waals surface area contributed by atoms with Gasteiger partial charge >= 0.3 is 0 Å². The van der Waals surface area contributed by atoms with Gasteiger partial charge < -0.3 is 10.1 Å². The van der Waals surface area contributed by atoms with Gasteiger partial charge in [-0.1, -0.05) is 29.3 Å². The fourth-order valence-electron chi connectivity index (χ4n) is 2.39. The molecule has 1 amide bonds. The number of ether oxygens (including phenoxy) is 1. The maximum atomic E-state index is 12.2. The van der Waals surface area contributed by atoms with Gasteiger partial charge in [0.15, 0.2) is 9.84 Å². The first kappa shape index (κ1) is 19.3. The number of aryl methyl sites for hydroxylation is 1. The van der Waals surface area contributed by atoms with Crippen molar-refractivity contribution in [3.63, 3.8) is 0 Å². The van der Waals surface area contributed by atoms with Crippen molar-refractivity contribution in [1.82, 2.24) is 5.32 Å². The molecule has 0 aliphatic heterocycles. The molecule has 0 atom stereocenters. The van der Waals surface area contributed by atoms with E-state index in [4.69, 9.17) is 16.3 Å². The van der Waals surface area contributed by atoms with E-state index in [0.717, 1.165) is 16.9 Å². The Labute approximate surface area is 152 Å². The molecule has 2 aromatic rings. The van der Waals surface area contributed by atoms with Crippen LogP contribution in [-0.4, -0.2) is 33.7 Å². The van der Waals surface area contributed by atoms with Gasteiger partial charge in [-0.25, -0.2) is 8.42 Å². The molecule has 0 spiro atoms. The Morgan fingerprint density at radius 3 is 2.48 bits per heavy atom. The van der Waals surface area contributed by atoms with Crippen molar-refractivity contribution in [1.29, 1.82) is 0 Å². The molecule has 0 unspecified atom stereocenters. The quantitative estimate of drug-likeness (QED) is 0.800. The number of rotatable bonds is 7. The molecule has 7 heteroatoms. The summed E-state index contributed by atoms with van der Waals surface area (Å²) in [6, 6.07) is 11.5. The monoisotopic (exact) mass is 381 g/mol. The molecular formula is C18H20ClNO4S. The van der Waals surface area contributed by atoms with Crippen LogP contribution in [0.5, 0.6) is 5.75 Å². The molecule has 0 bridgehead atoms. The first-order valence-electron chi connectivity index (χ1n) is 7.70. The number of benzene rings is 2. The lowest BCUT2D eigenvalue weighted by Crippen LogP contribution is -2.31. The average Bonchev–Trinajstić information content (AvgIpc) is 2.55. The molecule has 2 rings (SSSR count). The summed E-state index contributed by atoms with van der Waals surface area (Å²) in [6.07, 6.45) is 0.553. The van der Waals surface area contributed by atoms with Crippen molar-refractivity contribution in [2.24, 2.45) is 0 Å². The van der Waals surface area contributed by atoms with Crippen LogP contribution in [0.4, 0.5) is 0 Å². The first-order valence-corrected chi connectivity index (χ1v) is 9.73. The van der Waals surface area contributed by atoms with Gasteiger partial charge in [0.1, 0.15) is 11.5 Å². The van der Waals surface area contributed by atoms with Crippen LogP contribution in [0.15, 0.2) is 47.4 Å². The van der Waals surface area contributed by atoms with Crippen LogP contribution < -0.4 is 10.1 Å². The van der Waals surface area contributed by atoms with Crippen molar-refractivity contribution in [2.45, 2.75) is 18.2 Å². The fraction of sp³-hybridized carbons (Fsp3) is 0.278. The van der Waals surface area contributed by atoms with Crippen molar-refractivity contribution in [3.05, 3.63) is 58.6 Å². The first-order chi connectivity index (χ1) is 11.8. The van der Waals surface area contributed by atoms with Gasteiger partial charge in [-0.2, -0.15) is 0 Å². The second kappa shape index (κ2) is 8.36. The molecule has 2 aromatic carbocycles. The SMILES string of the molecule is COc1ccc(C)cc1CCNC(=O)CS(=O)(=O)c1ccc(Cl)cc1. The Balaban J connectivity index is 1.93. The molecule has 134 valence electrons. The Hall–Kier alpha value is -2.05. The number of nitrogens with one attached hydrogen (secondary N) is 1. The standard InChI is InChI=1S/C18H20ClNO4S/c1-13-3-8-17(24-2)14(11-13)9-10-20-18(21)12-25(22,23)16-6-4-15(19)5-7-16/h3-8,11H,9-10,12H2,1-2H3,(H,20,21). The number of methoxy groups -OCH3 is 1. The zero-order chi connectivity index (χ0) is 18.4. The number of hydrogen-bond acceptors (Lipinski definition) is 4. The highest BCUT2D eigenvalue weighted by Crippen LogP contribution is 2.20. The third-order valence-electron chi connectivity index (χ3n) is 3.65. The predicted octanol–water partition coefficient (Wildman–Crippen LogP) is 2.79. The Morgan fingerprint density at radius 2 is 1.84 bits per heavy atom. The van der Waals surface area contributed by atoms with E-state index in [1.165, 1.54) is 24.3 Å². The van der Waals surface area contributed by atoms with Gasteiger partial charge in [-0.3, -0.25) is 4.79 Å². The maximum absolute atomic E-state index is 12.2. The molecule has 5 nitrogen and oxygen atoms in total. The molecule has 0 aliphatic rings. The summed E-state index contributed by atoms with van der Waals surface area (Å²) in [4.78, 5) is 12.0. The lowest BCUT2D eigenvalue weighted by Gasteiger charge is -2.10. The molecule has 25 heavy (non-hydrogen) atoms. The lowest BCUT2D eigenvalue weighted by molar-refractivity contribution is -0.118. The number of hydrogen-bond donors (Lipinski definition) is 1. The zero-order valence-corrected chi connectivity index (χ0v) is 15.7. The topological polar surface area (TPSA) is 72.5 Å². The van der Waals surface area contributed by atoms with Gasteiger partial charge in [0, 0.05) is 11.6 Å². The van der Waals surface area contributed by atoms with Crippen LogP contribution in [0.2, 0.25) is 5.02 Å². The second-order valence-corrected chi connectivity index (χ2v) is 8.05. The Morgan fingerprint density at radius 1 is 1.16 bits per heavy atom. The van der Waals surface area contributed by atoms with Crippen LogP contribution >= 0.6 is 11.6 Å². The molecule has 0 heterocycles. The Bertz CT molecular complexity index is 848. The highest BCUT2D eigenvalue weighted by molar-refractivity contribution is 7.92. The van der Waals surface area contributed by atoms with Gasteiger partial charge in [0.2, 0.25) is 5.91 Å². The van der Waals surface area contributed by atoms with Gasteiger partial charge in [0.05, 0.1) is 12.0 Å². The number of carbonyl (C=O) groups is 1. The lowest BCUT2D eigenvalue weighted by atomic mass is 10.1. The third kappa shape index (κ3) is 5.47. The maximum Gasteiger partial charge on any atom is 0.235 e. The minimum atomic E-state index is -3.69. The van der Waals surface area contributed by atoms with E-state index in [2.05, 4.69) is 5.32 Å². The van der Waals surface area contributed by atoms with Crippen molar-refractivity contribution in [3.8, 4) is 5.75 Å². The number of amides is 1. The summed E-state index contributed by atoms with van der Waals surface area (Å²) in [5.41, 5.74) is 2.05. The molecule has 0 aromatic heterocycles. The molecule has 0 radical (unpaired) electrons. The van der Waals surface area contributed by atoms with E-state index < -0.39 is 21.5 Å². The molecule has 0 fully saturated rings. The summed E-state index contributed by atoms with van der Waals surface area (Å²) in [6.45, 7) is 2.30. The van der Waals surface area contributed by atoms with Crippen LogP contribution in [0, 0.1) is 6.92 Å². The molecular weight excluding hydrogens is 362 g/mol. The van der Waals surface area contributed by atoms with E-state index in [9.17, 15) is 13.2 Å². The normalized spacial score (nSPS) is 11.2. The molecule has 0 saturated carbocycles. The predicted molar refractivity (Wildman–Crippen MR) is 97.9 cm³/mol. The van der Waals surface area contributed by atoms with E-state index in [-0.39, 0.29) is 4.90 Å². The van der Waals surface area contributed by atoms with E-state index in [1.807, 2.05) is 25.1 Å². The largest absolute Gasteiger partial charge is 0.496 e. The van der Waals surface area contributed by atoms with E-state index in [0.29, 0.717) is 18.0 Å². The minimum Gasteiger partial charge on any atom is -0.496 e. The second-order valence-electron chi connectivity index (χ2n) is 5.63. The minimum absolute atomic E-state index is 0.0763. The van der Waals surface area contributed by atoms with Gasteiger partial charge in [0.25, 0.3) is 0 Å². The van der Waals surface area contributed by atoms with Crippen LogP contribution in [0.25, 0.3) is 0 Å². The highest BCUT2D eigenvalue weighted by Gasteiger charge is 2.19. The van der Waals surface area contributed by atoms with Crippen LogP contribution in [0.3, 0.4) is 0 Å². The van der Waals surface area contributed by atoms with Crippen LogP contribution in [-0.2, 0) is 21.1 Å². The molecule has 1 N–H and O–H groups in total. The smallest absolute Gasteiger partial charge is 0.235 e. The summed E-state index contributed by atoms with van der Waals surface area (Å²) >= 11 is 5.75. The number of carbonyl (C=O) groups excluding carboxylic acids is 1. The molecule has 0 saturated heterocycles. The summed E-state index contributed by atoms with van der Waals surface area (Å²) in [5, 5.41) is 3.08. The summed E-state index contributed by atoms with van der Waals surface area (Å²) < 4.78 is 29.7. The van der Waals surface area contributed by atoms with E-state index >= 15 is 0 Å². The number of halogens is 1.